The lowest BCUT2D eigenvalue weighted by Gasteiger charge is -2.29. The molecule has 0 bridgehead atoms. The molecule has 7 heteroatoms. The van der Waals surface area contributed by atoms with Crippen molar-refractivity contribution < 1.29 is 4.79 Å². The second-order valence-corrected chi connectivity index (χ2v) is 10.8. The zero-order valence-corrected chi connectivity index (χ0v) is 23.6. The fourth-order valence-electron chi connectivity index (χ4n) is 5.65. The van der Waals surface area contributed by atoms with Crippen LogP contribution in [0.3, 0.4) is 0 Å². The predicted octanol–water partition coefficient (Wildman–Crippen LogP) is 5.23. The number of nitrogens with zero attached hydrogens (tertiary/aromatic N) is 2. The fraction of sp³-hybridized carbons (Fsp3) is 0.375. The summed E-state index contributed by atoms with van der Waals surface area (Å²) in [6, 6.07) is 15.1. The van der Waals surface area contributed by atoms with Crippen LogP contribution in [0.25, 0.3) is 22.0 Å². The zero-order chi connectivity index (χ0) is 27.7. The first-order valence-electron chi connectivity index (χ1n) is 14.0. The molecule has 1 atom stereocenters. The number of fused-ring (bicyclic) bond motifs is 1. The molecule has 3 N–H and O–H groups in total. The number of hydrogen-bond acceptors (Lipinski definition) is 4. The summed E-state index contributed by atoms with van der Waals surface area (Å²) in [5.74, 6) is -0.177. The number of carbonyl (C=O) groups is 1. The van der Waals surface area contributed by atoms with Crippen molar-refractivity contribution in [3.8, 4) is 11.1 Å². The lowest BCUT2D eigenvalue weighted by atomic mass is 9.97. The number of piperazine rings is 1. The van der Waals surface area contributed by atoms with Crippen LogP contribution in [0.4, 0.5) is 5.69 Å². The molecule has 0 radical (unpaired) electrons. The Balaban J connectivity index is 1.54. The van der Waals surface area contributed by atoms with Gasteiger partial charge in [-0.1, -0.05) is 19.1 Å². The van der Waals surface area contributed by atoms with Gasteiger partial charge in [0.25, 0.3) is 11.5 Å². The second kappa shape index (κ2) is 11.1. The summed E-state index contributed by atoms with van der Waals surface area (Å²) in [6.45, 7) is 14.4. The minimum absolute atomic E-state index is 0.157. The summed E-state index contributed by atoms with van der Waals surface area (Å²) in [6.07, 6.45) is 3.14. The van der Waals surface area contributed by atoms with E-state index in [0.29, 0.717) is 17.2 Å². The van der Waals surface area contributed by atoms with Crippen LogP contribution in [0.1, 0.15) is 59.1 Å². The molecule has 4 aromatic rings. The number of aryl methyl sites for hydroxylation is 3. The van der Waals surface area contributed by atoms with E-state index in [2.05, 4.69) is 82.4 Å². The van der Waals surface area contributed by atoms with Gasteiger partial charge in [0.2, 0.25) is 0 Å². The summed E-state index contributed by atoms with van der Waals surface area (Å²) >= 11 is 0. The van der Waals surface area contributed by atoms with Crippen LogP contribution < -0.4 is 21.1 Å². The van der Waals surface area contributed by atoms with Crippen LogP contribution in [0.2, 0.25) is 0 Å². The van der Waals surface area contributed by atoms with Gasteiger partial charge < -0.3 is 25.1 Å². The summed E-state index contributed by atoms with van der Waals surface area (Å²) in [4.78, 5) is 31.5. The Morgan fingerprint density at radius 3 is 2.38 bits per heavy atom. The van der Waals surface area contributed by atoms with Crippen molar-refractivity contribution in [2.75, 3.05) is 31.1 Å². The maximum atomic E-state index is 13.7. The first-order valence-corrected chi connectivity index (χ1v) is 14.0. The van der Waals surface area contributed by atoms with Crippen molar-refractivity contribution in [1.29, 1.82) is 0 Å². The minimum atomic E-state index is -0.177. The molecule has 5 rings (SSSR count). The number of H-pyrrole nitrogens is 1. The van der Waals surface area contributed by atoms with Crippen molar-refractivity contribution in [2.45, 2.75) is 53.6 Å². The SMILES string of the molecule is CC[C@H](C)n1cc(C)c2c(C(=O)NCc3c(C)cc(C)[nH]c3=O)cc(-c3ccc(N4CCNCC4)cc3)cc21. The van der Waals surface area contributed by atoms with Gasteiger partial charge in [-0.2, -0.15) is 0 Å². The highest BCUT2D eigenvalue weighted by Crippen LogP contribution is 2.34. The molecule has 0 spiro atoms. The van der Waals surface area contributed by atoms with Gasteiger partial charge in [0.15, 0.2) is 0 Å². The van der Waals surface area contributed by atoms with Gasteiger partial charge >= 0.3 is 0 Å². The van der Waals surface area contributed by atoms with Crippen molar-refractivity contribution in [3.63, 3.8) is 0 Å². The van der Waals surface area contributed by atoms with Gasteiger partial charge in [-0.15, -0.1) is 0 Å². The maximum absolute atomic E-state index is 13.7. The number of aromatic nitrogens is 2. The number of aromatic amines is 1. The highest BCUT2D eigenvalue weighted by molar-refractivity contribution is 6.09. The summed E-state index contributed by atoms with van der Waals surface area (Å²) in [5.41, 5.74) is 8.17. The largest absolute Gasteiger partial charge is 0.369 e. The van der Waals surface area contributed by atoms with E-state index in [9.17, 15) is 9.59 Å². The highest BCUT2D eigenvalue weighted by Gasteiger charge is 2.20. The Bertz CT molecular complexity index is 1560. The van der Waals surface area contributed by atoms with Gasteiger partial charge in [-0.3, -0.25) is 9.59 Å². The standard InChI is InChI=1S/C32H39N5O2/c1-6-23(5)37-19-21(3)30-27(31(38)34-18-28-20(2)15-22(4)35-32(28)39)16-25(17-29(30)37)24-7-9-26(10-8-24)36-13-11-33-12-14-36/h7-10,15-17,19,23,33H,6,11-14,18H2,1-5H3,(H,34,38)(H,35,39)/t23-/m0/s1. The number of rotatable bonds is 7. The molecule has 0 aliphatic carbocycles. The van der Waals surface area contributed by atoms with Gasteiger partial charge in [-0.05, 0) is 86.7 Å². The lowest BCUT2D eigenvalue weighted by Crippen LogP contribution is -2.43. The lowest BCUT2D eigenvalue weighted by molar-refractivity contribution is 0.0952. The zero-order valence-electron chi connectivity index (χ0n) is 23.6. The average Bonchev–Trinajstić information content (AvgIpc) is 3.28. The van der Waals surface area contributed by atoms with Gasteiger partial charge in [0, 0.05) is 78.4 Å². The Kier molecular flexibility index (Phi) is 7.62. The normalized spacial score (nSPS) is 14.5. The molecule has 0 unspecified atom stereocenters. The van der Waals surface area contributed by atoms with Crippen LogP contribution in [-0.2, 0) is 6.54 Å². The molecule has 1 amide bonds. The summed E-state index contributed by atoms with van der Waals surface area (Å²) in [5, 5.41) is 7.40. The van der Waals surface area contributed by atoms with Gasteiger partial charge in [0.05, 0.1) is 0 Å². The fourth-order valence-corrected chi connectivity index (χ4v) is 5.65. The molecule has 1 saturated heterocycles. The average molecular weight is 526 g/mol. The van der Waals surface area contributed by atoms with E-state index in [1.807, 2.05) is 26.0 Å². The van der Waals surface area contributed by atoms with E-state index in [1.165, 1.54) is 5.69 Å². The third-order valence-electron chi connectivity index (χ3n) is 8.04. The Morgan fingerprint density at radius 1 is 1.00 bits per heavy atom. The van der Waals surface area contributed by atoms with Crippen LogP contribution in [0, 0.1) is 20.8 Å². The van der Waals surface area contributed by atoms with E-state index < -0.39 is 0 Å². The van der Waals surface area contributed by atoms with Gasteiger partial charge in [0.1, 0.15) is 0 Å². The Morgan fingerprint density at radius 2 is 1.72 bits per heavy atom. The third-order valence-corrected chi connectivity index (χ3v) is 8.04. The molecule has 1 aliphatic heterocycles. The monoisotopic (exact) mass is 525 g/mol. The molecule has 1 aliphatic rings. The molecule has 1 fully saturated rings. The molecule has 204 valence electrons. The summed E-state index contributed by atoms with van der Waals surface area (Å²) < 4.78 is 2.29. The third kappa shape index (κ3) is 5.36. The second-order valence-electron chi connectivity index (χ2n) is 10.8. The summed E-state index contributed by atoms with van der Waals surface area (Å²) in [7, 11) is 0. The Labute approximate surface area is 230 Å². The van der Waals surface area contributed by atoms with Crippen molar-refractivity contribution >= 4 is 22.5 Å². The van der Waals surface area contributed by atoms with Crippen LogP contribution >= 0.6 is 0 Å². The van der Waals surface area contributed by atoms with E-state index in [-0.39, 0.29) is 18.0 Å². The highest BCUT2D eigenvalue weighted by atomic mass is 16.1. The Hall–Kier alpha value is -3.84. The van der Waals surface area contributed by atoms with E-state index in [1.54, 1.807) is 0 Å². The number of benzene rings is 2. The number of amides is 1. The van der Waals surface area contributed by atoms with Crippen LogP contribution in [-0.4, -0.2) is 41.6 Å². The number of carbonyl (C=O) groups excluding carboxylic acids is 1. The molecule has 2 aromatic heterocycles. The number of nitrogens with one attached hydrogen (secondary N) is 3. The smallest absolute Gasteiger partial charge is 0.253 e. The molecule has 39 heavy (non-hydrogen) atoms. The quantitative estimate of drug-likeness (QED) is 0.309. The van der Waals surface area contributed by atoms with Crippen LogP contribution in [0.15, 0.2) is 53.5 Å². The van der Waals surface area contributed by atoms with E-state index in [0.717, 1.165) is 71.5 Å². The van der Waals surface area contributed by atoms with E-state index in [4.69, 9.17) is 0 Å². The molecule has 2 aromatic carbocycles. The molecule has 7 nitrogen and oxygen atoms in total. The predicted molar refractivity (Wildman–Crippen MR) is 160 cm³/mol. The maximum Gasteiger partial charge on any atom is 0.253 e. The first kappa shape index (κ1) is 26.8. The molecular weight excluding hydrogens is 486 g/mol. The topological polar surface area (TPSA) is 82.2 Å². The number of anilines is 1. The van der Waals surface area contributed by atoms with Crippen molar-refractivity contribution in [3.05, 3.63) is 87.0 Å². The van der Waals surface area contributed by atoms with Crippen molar-refractivity contribution in [1.82, 2.24) is 20.2 Å². The van der Waals surface area contributed by atoms with Gasteiger partial charge in [-0.25, -0.2) is 0 Å². The van der Waals surface area contributed by atoms with Crippen molar-refractivity contribution in [2.24, 2.45) is 0 Å². The molecule has 3 heterocycles. The number of hydrogen-bond donors (Lipinski definition) is 3. The number of pyridine rings is 1. The molecular formula is C32H39N5O2. The molecule has 0 saturated carbocycles. The van der Waals surface area contributed by atoms with E-state index >= 15 is 0 Å². The van der Waals surface area contributed by atoms with Crippen LogP contribution in [0.5, 0.6) is 0 Å². The minimum Gasteiger partial charge on any atom is -0.369 e. The first-order chi connectivity index (χ1) is 18.8.